The van der Waals surface area contributed by atoms with Crippen LogP contribution in [-0.4, -0.2) is 51.9 Å². The normalized spacial score (nSPS) is 12.0. The van der Waals surface area contributed by atoms with Crippen LogP contribution >= 0.6 is 0 Å². The van der Waals surface area contributed by atoms with Crippen LogP contribution in [0, 0.1) is 6.92 Å². The lowest BCUT2D eigenvalue weighted by Gasteiger charge is -2.13. The number of alkyl halides is 6. The Balaban J connectivity index is 1.58. The van der Waals surface area contributed by atoms with Crippen LogP contribution in [-0.2, 0) is 11.0 Å². The van der Waals surface area contributed by atoms with E-state index in [1.54, 1.807) is 42.6 Å². The Morgan fingerprint density at radius 3 is 2.48 bits per heavy atom. The fourth-order valence-corrected chi connectivity index (χ4v) is 3.86. The van der Waals surface area contributed by atoms with Crippen LogP contribution < -0.4 is 20.5 Å². The molecule has 0 radical (unpaired) electrons. The molecule has 15 heteroatoms. The summed E-state index contributed by atoms with van der Waals surface area (Å²) in [6.07, 6.45) is -8.31. The first-order valence-corrected chi connectivity index (χ1v) is 11.7. The molecule has 0 saturated carbocycles. The van der Waals surface area contributed by atoms with E-state index in [2.05, 4.69) is 15.1 Å². The molecule has 0 atom stereocenters. The molecular weight excluding hydrogens is 546 g/mol. The van der Waals surface area contributed by atoms with Gasteiger partial charge in [0.25, 0.3) is 0 Å². The zero-order valence-electron chi connectivity index (χ0n) is 21.0. The van der Waals surface area contributed by atoms with Crippen molar-refractivity contribution in [2.24, 2.45) is 0 Å². The fourth-order valence-electron chi connectivity index (χ4n) is 3.86. The Bertz CT molecular complexity index is 1550. The van der Waals surface area contributed by atoms with E-state index in [9.17, 15) is 31.1 Å². The number of nitrogens with two attached hydrogens (primary N) is 1. The first-order valence-electron chi connectivity index (χ1n) is 11.7. The number of nitrogen functional groups attached to an aromatic ring is 1. The average molecular weight is 568 g/mol. The standard InChI is InChI=1S/C25H22F6N6O3/c1-13-21(15-10-16(24(26,27)28)22(32)34-12-15)37-20(35-13)7-5-17(36-37)14-4-6-18(19(11-14)39-2)40-9-3-8-33-23(38)25(29,30)31/h4-7,10-12H,3,8-9H2,1-2H3,(H2,32,34)(H,33,38). The monoisotopic (exact) mass is 568 g/mol. The van der Waals surface area contributed by atoms with E-state index < -0.39 is 29.6 Å². The maximum Gasteiger partial charge on any atom is 0.471 e. The highest BCUT2D eigenvalue weighted by atomic mass is 19.4. The van der Waals surface area contributed by atoms with Gasteiger partial charge in [-0.25, -0.2) is 14.5 Å². The van der Waals surface area contributed by atoms with Gasteiger partial charge >= 0.3 is 18.3 Å². The molecule has 1 aromatic carbocycles. The number of nitrogens with zero attached hydrogens (tertiary/aromatic N) is 4. The third kappa shape index (κ3) is 6.02. The van der Waals surface area contributed by atoms with Gasteiger partial charge in [-0.3, -0.25) is 4.79 Å². The topological polar surface area (TPSA) is 117 Å². The Morgan fingerprint density at radius 1 is 1.05 bits per heavy atom. The average Bonchev–Trinajstić information content (AvgIpc) is 3.22. The van der Waals surface area contributed by atoms with E-state index in [0.717, 1.165) is 6.07 Å². The van der Waals surface area contributed by atoms with Gasteiger partial charge in [0.2, 0.25) is 0 Å². The molecular formula is C25H22F6N6O3. The van der Waals surface area contributed by atoms with E-state index in [1.165, 1.54) is 17.8 Å². The van der Waals surface area contributed by atoms with E-state index in [-0.39, 0.29) is 25.1 Å². The molecule has 0 fully saturated rings. The molecule has 3 heterocycles. The number of fused-ring (bicyclic) bond motifs is 1. The predicted molar refractivity (Wildman–Crippen MR) is 132 cm³/mol. The van der Waals surface area contributed by atoms with Crippen molar-refractivity contribution in [3.8, 4) is 34.0 Å². The second kappa shape index (κ2) is 10.9. The fraction of sp³-hybridized carbons (Fsp3) is 0.280. The largest absolute Gasteiger partial charge is 0.493 e. The van der Waals surface area contributed by atoms with Crippen molar-refractivity contribution < 1.29 is 40.6 Å². The summed E-state index contributed by atoms with van der Waals surface area (Å²) in [7, 11) is 1.40. The second-order valence-electron chi connectivity index (χ2n) is 8.51. The van der Waals surface area contributed by atoms with Crippen molar-refractivity contribution in [2.75, 3.05) is 26.0 Å². The van der Waals surface area contributed by atoms with E-state index >= 15 is 0 Å². The third-order valence-electron chi connectivity index (χ3n) is 5.73. The molecule has 3 N–H and O–H groups in total. The number of benzene rings is 1. The SMILES string of the molecule is COc1cc(-c2ccc3nc(C)c(-c4cnc(N)c(C(F)(F)F)c4)n3n2)ccc1OCCCNC(=O)C(F)(F)F. The first-order chi connectivity index (χ1) is 18.8. The number of rotatable bonds is 8. The summed E-state index contributed by atoms with van der Waals surface area (Å²) in [5.41, 5.74) is 6.64. The maximum atomic E-state index is 13.4. The number of halogens is 6. The molecule has 0 aliphatic heterocycles. The number of methoxy groups -OCH3 is 1. The highest BCUT2D eigenvalue weighted by Crippen LogP contribution is 2.36. The van der Waals surface area contributed by atoms with Gasteiger partial charge in [0.05, 0.1) is 36.4 Å². The number of hydrogen-bond donors (Lipinski definition) is 2. The number of carbonyl (C=O) groups is 1. The zero-order valence-corrected chi connectivity index (χ0v) is 21.0. The molecule has 3 aromatic heterocycles. The van der Waals surface area contributed by atoms with Crippen molar-refractivity contribution in [3.63, 3.8) is 0 Å². The molecule has 212 valence electrons. The van der Waals surface area contributed by atoms with Crippen molar-refractivity contribution in [1.29, 1.82) is 0 Å². The lowest BCUT2D eigenvalue weighted by atomic mass is 10.1. The Morgan fingerprint density at radius 2 is 1.80 bits per heavy atom. The van der Waals surface area contributed by atoms with Gasteiger partial charge in [-0.15, -0.1) is 0 Å². The smallest absolute Gasteiger partial charge is 0.471 e. The minimum atomic E-state index is -4.95. The second-order valence-corrected chi connectivity index (χ2v) is 8.51. The lowest BCUT2D eigenvalue weighted by Crippen LogP contribution is -2.37. The number of hydrogen-bond acceptors (Lipinski definition) is 7. The number of aromatic nitrogens is 4. The lowest BCUT2D eigenvalue weighted by molar-refractivity contribution is -0.173. The predicted octanol–water partition coefficient (Wildman–Crippen LogP) is 4.82. The number of anilines is 1. The number of ether oxygens (including phenoxy) is 2. The van der Waals surface area contributed by atoms with Gasteiger partial charge in [-0.1, -0.05) is 0 Å². The summed E-state index contributed by atoms with van der Waals surface area (Å²) in [6, 6.07) is 9.08. The Labute approximate surface area is 222 Å². The quantitative estimate of drug-likeness (QED) is 0.231. The summed E-state index contributed by atoms with van der Waals surface area (Å²) in [6.45, 7) is 1.41. The molecule has 0 saturated heterocycles. The molecule has 4 aromatic rings. The molecule has 0 unspecified atom stereocenters. The van der Waals surface area contributed by atoms with Crippen molar-refractivity contribution >= 4 is 17.4 Å². The molecule has 0 aliphatic carbocycles. The Kier molecular flexibility index (Phi) is 7.75. The zero-order chi connectivity index (χ0) is 29.2. The highest BCUT2D eigenvalue weighted by molar-refractivity contribution is 5.81. The Hall–Kier alpha value is -4.56. The van der Waals surface area contributed by atoms with E-state index in [4.69, 9.17) is 15.2 Å². The number of imidazole rings is 1. The molecule has 4 rings (SSSR count). The van der Waals surface area contributed by atoms with Crippen LogP contribution in [0.5, 0.6) is 11.5 Å². The summed E-state index contributed by atoms with van der Waals surface area (Å²) in [5, 5.41) is 6.33. The molecule has 0 bridgehead atoms. The van der Waals surface area contributed by atoms with Gasteiger partial charge in [-0.2, -0.15) is 31.4 Å². The van der Waals surface area contributed by atoms with Crippen LogP contribution in [0.15, 0.2) is 42.6 Å². The summed E-state index contributed by atoms with van der Waals surface area (Å²) in [4.78, 5) is 19.0. The summed E-state index contributed by atoms with van der Waals surface area (Å²) >= 11 is 0. The number of carbonyl (C=O) groups excluding carboxylic acids is 1. The van der Waals surface area contributed by atoms with Gasteiger partial charge < -0.3 is 20.5 Å². The summed E-state index contributed by atoms with van der Waals surface area (Å²) in [5.74, 6) is -2.06. The van der Waals surface area contributed by atoms with Gasteiger partial charge in [-0.05, 0) is 49.7 Å². The van der Waals surface area contributed by atoms with Crippen LogP contribution in [0.3, 0.4) is 0 Å². The minimum absolute atomic E-state index is 0.00522. The van der Waals surface area contributed by atoms with Crippen LogP contribution in [0.2, 0.25) is 0 Å². The maximum absolute atomic E-state index is 13.4. The number of pyridine rings is 1. The van der Waals surface area contributed by atoms with Crippen LogP contribution in [0.1, 0.15) is 17.7 Å². The molecule has 40 heavy (non-hydrogen) atoms. The van der Waals surface area contributed by atoms with Crippen LogP contribution in [0.25, 0.3) is 28.2 Å². The highest BCUT2D eigenvalue weighted by Gasteiger charge is 2.38. The van der Waals surface area contributed by atoms with E-state index in [0.29, 0.717) is 39.8 Å². The van der Waals surface area contributed by atoms with E-state index in [1.807, 2.05) is 0 Å². The van der Waals surface area contributed by atoms with Crippen molar-refractivity contribution in [3.05, 3.63) is 53.9 Å². The minimum Gasteiger partial charge on any atom is -0.493 e. The first kappa shape index (κ1) is 28.4. The number of aryl methyl sites for hydroxylation is 1. The molecule has 1 amide bonds. The van der Waals surface area contributed by atoms with Gasteiger partial charge in [0, 0.05) is 23.9 Å². The molecule has 0 spiro atoms. The van der Waals surface area contributed by atoms with Crippen molar-refractivity contribution in [1.82, 2.24) is 24.9 Å². The third-order valence-corrected chi connectivity index (χ3v) is 5.73. The number of amides is 1. The molecule has 0 aliphatic rings. The van der Waals surface area contributed by atoms with Crippen molar-refractivity contribution in [2.45, 2.75) is 25.7 Å². The van der Waals surface area contributed by atoms with Crippen LogP contribution in [0.4, 0.5) is 32.2 Å². The van der Waals surface area contributed by atoms with Gasteiger partial charge in [0.15, 0.2) is 17.1 Å². The number of nitrogens with one attached hydrogen (secondary N) is 1. The summed E-state index contributed by atoms with van der Waals surface area (Å²) < 4.78 is 89.4. The van der Waals surface area contributed by atoms with Gasteiger partial charge in [0.1, 0.15) is 5.82 Å². The molecule has 9 nitrogen and oxygen atoms in total.